The maximum atomic E-state index is 5.96. The summed E-state index contributed by atoms with van der Waals surface area (Å²) in [5.74, 6) is 1.33. The largest absolute Gasteiger partial charge is 0.454 e. The van der Waals surface area contributed by atoms with Gasteiger partial charge in [0.15, 0.2) is 0 Å². The maximum absolute atomic E-state index is 5.96. The van der Waals surface area contributed by atoms with E-state index in [1.54, 1.807) is 12.3 Å². The van der Waals surface area contributed by atoms with Crippen LogP contribution in [0.4, 0.5) is 0 Å². The van der Waals surface area contributed by atoms with Crippen LogP contribution in [0.15, 0.2) is 42.6 Å². The molecule has 76 valence electrons. The second-order valence-corrected chi connectivity index (χ2v) is 3.57. The van der Waals surface area contributed by atoms with E-state index in [1.807, 2.05) is 37.3 Å². The van der Waals surface area contributed by atoms with E-state index in [1.165, 1.54) is 0 Å². The highest BCUT2D eigenvalue weighted by atomic mass is 35.5. The summed E-state index contributed by atoms with van der Waals surface area (Å²) in [6.45, 7) is 1.93. The number of aromatic nitrogens is 1. The molecule has 0 saturated heterocycles. The summed E-state index contributed by atoms with van der Waals surface area (Å²) in [7, 11) is 0. The lowest BCUT2D eigenvalue weighted by atomic mass is 10.3. The van der Waals surface area contributed by atoms with Crippen molar-refractivity contribution in [3.05, 3.63) is 53.3 Å². The number of pyridine rings is 1. The van der Waals surface area contributed by atoms with Crippen molar-refractivity contribution >= 4 is 11.6 Å². The molecule has 0 saturated carbocycles. The molecule has 3 heteroatoms. The number of aryl methyl sites for hydroxylation is 1. The monoisotopic (exact) mass is 219 g/mol. The highest BCUT2D eigenvalue weighted by Gasteiger charge is 2.01. The van der Waals surface area contributed by atoms with E-state index in [-0.39, 0.29) is 0 Å². The van der Waals surface area contributed by atoms with Crippen LogP contribution in [-0.4, -0.2) is 4.98 Å². The Hall–Kier alpha value is -1.54. The number of halogens is 1. The summed E-state index contributed by atoms with van der Waals surface area (Å²) >= 11 is 5.96. The van der Waals surface area contributed by atoms with Crippen LogP contribution < -0.4 is 4.74 Å². The summed E-state index contributed by atoms with van der Waals surface area (Å²) < 4.78 is 5.57. The van der Waals surface area contributed by atoms with Gasteiger partial charge in [0, 0.05) is 5.69 Å². The van der Waals surface area contributed by atoms with Crippen LogP contribution in [0.3, 0.4) is 0 Å². The van der Waals surface area contributed by atoms with Crippen molar-refractivity contribution in [2.45, 2.75) is 6.92 Å². The molecule has 0 N–H and O–H groups in total. The van der Waals surface area contributed by atoms with Gasteiger partial charge in [0.1, 0.15) is 11.5 Å². The Bertz CT molecular complexity index is 453. The van der Waals surface area contributed by atoms with Gasteiger partial charge in [0.25, 0.3) is 0 Å². The number of benzene rings is 1. The Morgan fingerprint density at radius 1 is 1.13 bits per heavy atom. The summed E-state index contributed by atoms with van der Waals surface area (Å²) in [5.41, 5.74) is 0.960. The van der Waals surface area contributed by atoms with Crippen molar-refractivity contribution in [2.75, 3.05) is 0 Å². The minimum atomic E-state index is 0.595. The zero-order chi connectivity index (χ0) is 10.7. The Morgan fingerprint density at radius 2 is 1.93 bits per heavy atom. The second-order valence-electron chi connectivity index (χ2n) is 3.17. The van der Waals surface area contributed by atoms with Crippen LogP contribution in [0.1, 0.15) is 5.69 Å². The molecule has 0 amide bonds. The molecular weight excluding hydrogens is 210 g/mol. The topological polar surface area (TPSA) is 22.1 Å². The summed E-state index contributed by atoms with van der Waals surface area (Å²) in [4.78, 5) is 4.14. The first-order chi connectivity index (χ1) is 7.25. The molecule has 0 spiro atoms. The molecule has 0 aliphatic heterocycles. The molecule has 2 rings (SSSR count). The number of rotatable bonds is 2. The average Bonchev–Trinajstić information content (AvgIpc) is 2.25. The second kappa shape index (κ2) is 4.32. The summed E-state index contributed by atoms with van der Waals surface area (Å²) in [6.07, 6.45) is 1.68. The molecule has 2 nitrogen and oxygen atoms in total. The van der Waals surface area contributed by atoms with Crippen LogP contribution in [0.25, 0.3) is 0 Å². The molecule has 0 unspecified atom stereocenters. The SMILES string of the molecule is Cc1ccc(Oc2ccccc2Cl)cn1. The van der Waals surface area contributed by atoms with Crippen molar-refractivity contribution in [1.29, 1.82) is 0 Å². The molecule has 0 aliphatic rings. The molecule has 15 heavy (non-hydrogen) atoms. The fourth-order valence-electron chi connectivity index (χ4n) is 1.17. The number of hydrogen-bond donors (Lipinski definition) is 0. The summed E-state index contributed by atoms with van der Waals surface area (Å²) in [5, 5.41) is 0.595. The van der Waals surface area contributed by atoms with E-state index in [0.29, 0.717) is 16.5 Å². The van der Waals surface area contributed by atoms with Crippen LogP contribution in [0.2, 0.25) is 5.02 Å². The van der Waals surface area contributed by atoms with Gasteiger partial charge in [-0.2, -0.15) is 0 Å². The normalized spacial score (nSPS) is 10.0. The lowest BCUT2D eigenvalue weighted by molar-refractivity contribution is 0.480. The molecule has 0 radical (unpaired) electrons. The molecule has 0 fully saturated rings. The first-order valence-electron chi connectivity index (χ1n) is 4.61. The predicted molar refractivity (Wildman–Crippen MR) is 60.5 cm³/mol. The zero-order valence-corrected chi connectivity index (χ0v) is 9.03. The van der Waals surface area contributed by atoms with Crippen LogP contribution in [0.5, 0.6) is 11.5 Å². The molecule has 0 bridgehead atoms. The fraction of sp³-hybridized carbons (Fsp3) is 0.0833. The third kappa shape index (κ3) is 2.48. The third-order valence-corrected chi connectivity index (χ3v) is 2.26. The van der Waals surface area contributed by atoms with E-state index < -0.39 is 0 Å². The van der Waals surface area contributed by atoms with Crippen LogP contribution in [0, 0.1) is 6.92 Å². The number of ether oxygens (including phenoxy) is 1. The minimum absolute atomic E-state index is 0.595. The smallest absolute Gasteiger partial charge is 0.146 e. The average molecular weight is 220 g/mol. The first kappa shape index (κ1) is 9.99. The van der Waals surface area contributed by atoms with Gasteiger partial charge in [0.05, 0.1) is 11.2 Å². The van der Waals surface area contributed by atoms with Gasteiger partial charge in [-0.15, -0.1) is 0 Å². The molecule has 1 aromatic carbocycles. The van der Waals surface area contributed by atoms with Gasteiger partial charge < -0.3 is 4.74 Å². The van der Waals surface area contributed by atoms with Crippen LogP contribution in [-0.2, 0) is 0 Å². The van der Waals surface area contributed by atoms with Crippen molar-refractivity contribution in [3.8, 4) is 11.5 Å². The third-order valence-electron chi connectivity index (χ3n) is 1.95. The van der Waals surface area contributed by atoms with Gasteiger partial charge in [0.2, 0.25) is 0 Å². The van der Waals surface area contributed by atoms with E-state index >= 15 is 0 Å². The zero-order valence-electron chi connectivity index (χ0n) is 8.27. The van der Waals surface area contributed by atoms with E-state index in [0.717, 1.165) is 5.69 Å². The quantitative estimate of drug-likeness (QED) is 0.766. The molecule has 1 aromatic heterocycles. The van der Waals surface area contributed by atoms with Gasteiger partial charge in [-0.1, -0.05) is 23.7 Å². The van der Waals surface area contributed by atoms with Crippen LogP contribution >= 0.6 is 11.6 Å². The molecular formula is C12H10ClNO. The standard InChI is InChI=1S/C12H10ClNO/c1-9-6-7-10(8-14-9)15-12-5-3-2-4-11(12)13/h2-8H,1H3. The Kier molecular flexibility index (Phi) is 2.88. The Labute approximate surface area is 93.5 Å². The molecule has 0 aliphatic carbocycles. The summed E-state index contributed by atoms with van der Waals surface area (Å²) in [6, 6.07) is 11.1. The Morgan fingerprint density at radius 3 is 2.60 bits per heavy atom. The maximum Gasteiger partial charge on any atom is 0.146 e. The number of para-hydroxylation sites is 1. The van der Waals surface area contributed by atoms with E-state index in [9.17, 15) is 0 Å². The van der Waals surface area contributed by atoms with E-state index in [4.69, 9.17) is 16.3 Å². The lowest BCUT2D eigenvalue weighted by Crippen LogP contribution is -1.86. The lowest BCUT2D eigenvalue weighted by Gasteiger charge is -2.06. The highest BCUT2D eigenvalue weighted by Crippen LogP contribution is 2.28. The fourth-order valence-corrected chi connectivity index (χ4v) is 1.34. The van der Waals surface area contributed by atoms with Gasteiger partial charge >= 0.3 is 0 Å². The molecule has 0 atom stereocenters. The number of nitrogens with zero attached hydrogens (tertiary/aromatic N) is 1. The Balaban J connectivity index is 2.22. The van der Waals surface area contributed by atoms with Gasteiger partial charge in [-0.3, -0.25) is 4.98 Å². The van der Waals surface area contributed by atoms with Crippen molar-refractivity contribution in [3.63, 3.8) is 0 Å². The van der Waals surface area contributed by atoms with Gasteiger partial charge in [-0.25, -0.2) is 0 Å². The minimum Gasteiger partial charge on any atom is -0.454 e. The van der Waals surface area contributed by atoms with Crippen molar-refractivity contribution < 1.29 is 4.74 Å². The van der Waals surface area contributed by atoms with Crippen molar-refractivity contribution in [2.24, 2.45) is 0 Å². The van der Waals surface area contributed by atoms with Gasteiger partial charge in [-0.05, 0) is 31.2 Å². The molecule has 1 heterocycles. The molecule has 2 aromatic rings. The van der Waals surface area contributed by atoms with E-state index in [2.05, 4.69) is 4.98 Å². The highest BCUT2D eigenvalue weighted by molar-refractivity contribution is 6.32. The van der Waals surface area contributed by atoms with Crippen molar-refractivity contribution in [1.82, 2.24) is 4.98 Å². The predicted octanol–water partition coefficient (Wildman–Crippen LogP) is 3.84. The first-order valence-corrected chi connectivity index (χ1v) is 4.98. The number of hydrogen-bond acceptors (Lipinski definition) is 2.